The Kier molecular flexibility index (Phi) is 4.03. The molecule has 1 aliphatic heterocycles. The fourth-order valence-corrected chi connectivity index (χ4v) is 3.77. The predicted molar refractivity (Wildman–Crippen MR) is 83.3 cm³/mol. The van der Waals surface area contributed by atoms with E-state index in [1.54, 1.807) is 0 Å². The minimum Gasteiger partial charge on any atom is -0.481 e. The Balaban J connectivity index is 1.71. The van der Waals surface area contributed by atoms with E-state index in [2.05, 4.69) is 36.1 Å². The van der Waals surface area contributed by atoms with Gasteiger partial charge in [-0.05, 0) is 49.3 Å². The molecule has 1 N–H and O–H groups in total. The van der Waals surface area contributed by atoms with Crippen molar-refractivity contribution in [2.75, 3.05) is 13.1 Å². The summed E-state index contributed by atoms with van der Waals surface area (Å²) in [5.74, 6) is 0.144. The molecule has 1 unspecified atom stereocenters. The molecule has 0 bridgehead atoms. The standard InChI is InChI=1S/C18H25NO2/c1-2-9-18(17(20)21)10-11-19(13-18)12-15-5-3-4-6-16(15)14-7-8-14/h3-6,14H,2,7-13H2,1H3,(H,20,21). The van der Waals surface area contributed by atoms with Crippen LogP contribution in [0.3, 0.4) is 0 Å². The Morgan fingerprint density at radius 1 is 1.38 bits per heavy atom. The van der Waals surface area contributed by atoms with Crippen molar-refractivity contribution in [2.45, 2.75) is 51.5 Å². The van der Waals surface area contributed by atoms with E-state index in [1.807, 2.05) is 0 Å². The van der Waals surface area contributed by atoms with Gasteiger partial charge in [-0.25, -0.2) is 0 Å². The van der Waals surface area contributed by atoms with E-state index < -0.39 is 11.4 Å². The second kappa shape index (κ2) is 5.80. The van der Waals surface area contributed by atoms with Crippen molar-refractivity contribution in [3.63, 3.8) is 0 Å². The summed E-state index contributed by atoms with van der Waals surface area (Å²) in [5, 5.41) is 9.60. The van der Waals surface area contributed by atoms with Gasteiger partial charge in [-0.3, -0.25) is 9.69 Å². The minimum atomic E-state index is -0.609. The first-order chi connectivity index (χ1) is 10.1. The predicted octanol–water partition coefficient (Wildman–Crippen LogP) is 3.64. The van der Waals surface area contributed by atoms with Gasteiger partial charge >= 0.3 is 5.97 Å². The highest BCUT2D eigenvalue weighted by Crippen LogP contribution is 2.42. The highest BCUT2D eigenvalue weighted by molar-refractivity contribution is 5.75. The van der Waals surface area contributed by atoms with Gasteiger partial charge in [0.25, 0.3) is 0 Å². The van der Waals surface area contributed by atoms with E-state index in [0.29, 0.717) is 6.54 Å². The largest absolute Gasteiger partial charge is 0.481 e. The van der Waals surface area contributed by atoms with Crippen LogP contribution in [-0.2, 0) is 11.3 Å². The van der Waals surface area contributed by atoms with E-state index >= 15 is 0 Å². The van der Waals surface area contributed by atoms with Crippen LogP contribution in [0.4, 0.5) is 0 Å². The first kappa shape index (κ1) is 14.6. The van der Waals surface area contributed by atoms with Gasteiger partial charge < -0.3 is 5.11 Å². The van der Waals surface area contributed by atoms with Crippen LogP contribution in [-0.4, -0.2) is 29.1 Å². The summed E-state index contributed by atoms with van der Waals surface area (Å²) in [5.41, 5.74) is 2.38. The maximum absolute atomic E-state index is 11.7. The fraction of sp³-hybridized carbons (Fsp3) is 0.611. The average molecular weight is 287 g/mol. The molecule has 1 saturated carbocycles. The molecule has 0 aromatic heterocycles. The summed E-state index contributed by atoms with van der Waals surface area (Å²) < 4.78 is 0. The summed E-state index contributed by atoms with van der Waals surface area (Å²) in [6.45, 7) is 4.60. The smallest absolute Gasteiger partial charge is 0.310 e. The molecule has 0 radical (unpaired) electrons. The molecule has 1 atom stereocenters. The third kappa shape index (κ3) is 2.98. The maximum atomic E-state index is 11.7. The van der Waals surface area contributed by atoms with Crippen molar-refractivity contribution in [3.05, 3.63) is 35.4 Å². The Morgan fingerprint density at radius 3 is 2.81 bits per heavy atom. The molecule has 0 spiro atoms. The molecular formula is C18H25NO2. The number of hydrogen-bond acceptors (Lipinski definition) is 2. The molecule has 2 aliphatic rings. The lowest BCUT2D eigenvalue weighted by molar-refractivity contribution is -0.148. The van der Waals surface area contributed by atoms with Gasteiger partial charge in [0.15, 0.2) is 0 Å². The molecule has 1 aromatic rings. The third-order valence-electron chi connectivity index (χ3n) is 5.08. The number of aliphatic carboxylic acids is 1. The van der Waals surface area contributed by atoms with E-state index in [4.69, 9.17) is 0 Å². The minimum absolute atomic E-state index is 0.511. The van der Waals surface area contributed by atoms with E-state index in [9.17, 15) is 9.90 Å². The SMILES string of the molecule is CCCC1(C(=O)O)CCN(Cc2ccccc2C2CC2)C1. The van der Waals surface area contributed by atoms with Crippen LogP contribution in [0.25, 0.3) is 0 Å². The van der Waals surface area contributed by atoms with Crippen LogP contribution < -0.4 is 0 Å². The average Bonchev–Trinajstić information content (AvgIpc) is 3.23. The zero-order valence-electron chi connectivity index (χ0n) is 12.8. The summed E-state index contributed by atoms with van der Waals surface area (Å²) in [7, 11) is 0. The Hall–Kier alpha value is -1.35. The molecule has 1 heterocycles. The van der Waals surface area contributed by atoms with Crippen LogP contribution in [0.5, 0.6) is 0 Å². The number of rotatable bonds is 6. The normalized spacial score (nSPS) is 26.1. The molecule has 1 aromatic carbocycles. The molecule has 0 amide bonds. The van der Waals surface area contributed by atoms with Crippen molar-refractivity contribution in [1.29, 1.82) is 0 Å². The van der Waals surface area contributed by atoms with Gasteiger partial charge in [0.1, 0.15) is 0 Å². The lowest BCUT2D eigenvalue weighted by Gasteiger charge is -2.24. The van der Waals surface area contributed by atoms with Gasteiger partial charge in [0.2, 0.25) is 0 Å². The van der Waals surface area contributed by atoms with Crippen LogP contribution in [0.15, 0.2) is 24.3 Å². The number of nitrogens with zero attached hydrogens (tertiary/aromatic N) is 1. The van der Waals surface area contributed by atoms with Gasteiger partial charge in [-0.2, -0.15) is 0 Å². The monoisotopic (exact) mass is 287 g/mol. The van der Waals surface area contributed by atoms with Crippen LogP contribution in [0, 0.1) is 5.41 Å². The molecule has 1 aliphatic carbocycles. The van der Waals surface area contributed by atoms with Crippen LogP contribution >= 0.6 is 0 Å². The molecule has 3 rings (SSSR count). The molecule has 114 valence electrons. The molecule has 3 nitrogen and oxygen atoms in total. The van der Waals surface area contributed by atoms with Crippen molar-refractivity contribution in [3.8, 4) is 0 Å². The zero-order chi connectivity index (χ0) is 14.9. The number of carboxylic acid groups (broad SMARTS) is 1. The summed E-state index contributed by atoms with van der Waals surface area (Å²) in [6.07, 6.45) is 5.15. The van der Waals surface area contributed by atoms with Crippen molar-refractivity contribution < 1.29 is 9.90 Å². The fourth-order valence-electron chi connectivity index (χ4n) is 3.77. The molecular weight excluding hydrogens is 262 g/mol. The summed E-state index contributed by atoms with van der Waals surface area (Å²) in [6, 6.07) is 8.70. The van der Waals surface area contributed by atoms with Gasteiger partial charge in [0.05, 0.1) is 5.41 Å². The van der Waals surface area contributed by atoms with Crippen molar-refractivity contribution in [1.82, 2.24) is 4.90 Å². The second-order valence-corrected chi connectivity index (χ2v) is 6.77. The molecule has 2 fully saturated rings. The number of carbonyl (C=O) groups is 1. The quantitative estimate of drug-likeness (QED) is 0.868. The van der Waals surface area contributed by atoms with E-state index in [1.165, 1.54) is 24.0 Å². The summed E-state index contributed by atoms with van der Waals surface area (Å²) >= 11 is 0. The highest BCUT2D eigenvalue weighted by Gasteiger charge is 2.43. The molecule has 3 heteroatoms. The number of carboxylic acids is 1. The third-order valence-corrected chi connectivity index (χ3v) is 5.08. The second-order valence-electron chi connectivity index (χ2n) is 6.77. The Labute approximate surface area is 127 Å². The van der Waals surface area contributed by atoms with Crippen LogP contribution in [0.2, 0.25) is 0 Å². The number of hydrogen-bond donors (Lipinski definition) is 1. The van der Waals surface area contributed by atoms with E-state index in [0.717, 1.165) is 38.3 Å². The topological polar surface area (TPSA) is 40.5 Å². The lowest BCUT2D eigenvalue weighted by Crippen LogP contribution is -2.34. The number of benzene rings is 1. The Bertz CT molecular complexity index is 524. The van der Waals surface area contributed by atoms with Crippen LogP contribution in [0.1, 0.15) is 56.1 Å². The zero-order valence-corrected chi connectivity index (χ0v) is 12.8. The molecule has 21 heavy (non-hydrogen) atoms. The summed E-state index contributed by atoms with van der Waals surface area (Å²) in [4.78, 5) is 14.0. The van der Waals surface area contributed by atoms with Gasteiger partial charge in [0, 0.05) is 13.1 Å². The Morgan fingerprint density at radius 2 is 2.14 bits per heavy atom. The van der Waals surface area contributed by atoms with E-state index in [-0.39, 0.29) is 0 Å². The molecule has 1 saturated heterocycles. The first-order valence-corrected chi connectivity index (χ1v) is 8.18. The first-order valence-electron chi connectivity index (χ1n) is 8.18. The lowest BCUT2D eigenvalue weighted by atomic mass is 9.83. The maximum Gasteiger partial charge on any atom is 0.310 e. The van der Waals surface area contributed by atoms with Crippen molar-refractivity contribution >= 4 is 5.97 Å². The number of likely N-dealkylation sites (tertiary alicyclic amines) is 1. The van der Waals surface area contributed by atoms with Crippen molar-refractivity contribution in [2.24, 2.45) is 5.41 Å². The van der Waals surface area contributed by atoms with Gasteiger partial charge in [-0.15, -0.1) is 0 Å². The van der Waals surface area contributed by atoms with Gasteiger partial charge in [-0.1, -0.05) is 37.6 Å². The highest BCUT2D eigenvalue weighted by atomic mass is 16.4.